The summed E-state index contributed by atoms with van der Waals surface area (Å²) in [5.74, 6) is 1.71. The number of hydrogen-bond donors (Lipinski definition) is 0. The summed E-state index contributed by atoms with van der Waals surface area (Å²) in [7, 11) is 5.19. The van der Waals surface area contributed by atoms with Crippen molar-refractivity contribution in [1.29, 1.82) is 0 Å². The van der Waals surface area contributed by atoms with E-state index < -0.39 is 0 Å². The van der Waals surface area contributed by atoms with Crippen LogP contribution in [0.15, 0.2) is 65.3 Å². The van der Waals surface area contributed by atoms with Crippen molar-refractivity contribution in [1.82, 2.24) is 24.5 Å². The van der Waals surface area contributed by atoms with Gasteiger partial charge in [0.1, 0.15) is 11.5 Å². The molecule has 0 aliphatic rings. The maximum absolute atomic E-state index is 5.73. The summed E-state index contributed by atoms with van der Waals surface area (Å²) >= 11 is 5.37. The Hall–Kier alpha value is -3.43. The average Bonchev–Trinajstić information content (AvgIpc) is 3.40. The molecule has 0 saturated heterocycles. The fourth-order valence-corrected chi connectivity index (χ4v) is 3.37. The van der Waals surface area contributed by atoms with Gasteiger partial charge in [0.25, 0.3) is 4.84 Å². The highest BCUT2D eigenvalue weighted by molar-refractivity contribution is 7.71. The molecule has 0 amide bonds. The van der Waals surface area contributed by atoms with Crippen LogP contribution in [0.25, 0.3) is 17.1 Å². The van der Waals surface area contributed by atoms with Gasteiger partial charge in [0, 0.05) is 29.9 Å². The number of ether oxygens (including phenoxy) is 2. The van der Waals surface area contributed by atoms with E-state index in [0.29, 0.717) is 35.4 Å². The zero-order valence-corrected chi connectivity index (χ0v) is 18.4. The van der Waals surface area contributed by atoms with E-state index in [9.17, 15) is 0 Å². The van der Waals surface area contributed by atoms with Crippen LogP contribution in [0, 0.1) is 4.84 Å². The lowest BCUT2D eigenvalue weighted by molar-refractivity contribution is 0.240. The molecule has 8 nitrogen and oxygen atoms in total. The van der Waals surface area contributed by atoms with E-state index in [1.165, 1.54) is 0 Å². The molecule has 4 rings (SSSR count). The topological polar surface area (TPSA) is 70.5 Å². The Bertz CT molecular complexity index is 1190. The van der Waals surface area contributed by atoms with Crippen molar-refractivity contribution in [3.63, 3.8) is 0 Å². The van der Waals surface area contributed by atoms with Gasteiger partial charge < -0.3 is 13.9 Å². The lowest BCUT2D eigenvalue weighted by Gasteiger charge is -2.14. The molecular weight excluding hydrogens is 414 g/mol. The highest BCUT2D eigenvalue weighted by atomic mass is 32.1. The first-order valence-electron chi connectivity index (χ1n) is 9.64. The highest BCUT2D eigenvalue weighted by Gasteiger charge is 2.13. The molecule has 0 radical (unpaired) electrons. The predicted molar refractivity (Wildman–Crippen MR) is 119 cm³/mol. The van der Waals surface area contributed by atoms with Gasteiger partial charge in [-0.3, -0.25) is 4.90 Å². The van der Waals surface area contributed by atoms with Gasteiger partial charge in [0.15, 0.2) is 0 Å². The first-order chi connectivity index (χ1) is 15.1. The van der Waals surface area contributed by atoms with E-state index >= 15 is 0 Å². The van der Waals surface area contributed by atoms with Gasteiger partial charge >= 0.3 is 0 Å². The molecule has 0 aliphatic heterocycles. The SMILES string of the molecule is COc1cc(OC)cc(-c2nn(CN(C)Cc3cnn(-c4ccccc4)c3)c(=S)o2)c1. The van der Waals surface area contributed by atoms with Gasteiger partial charge in [0.05, 0.1) is 32.8 Å². The molecule has 0 bridgehead atoms. The minimum Gasteiger partial charge on any atom is -0.497 e. The number of hydrogen-bond acceptors (Lipinski definition) is 7. The molecule has 2 aromatic heterocycles. The molecule has 0 spiro atoms. The minimum atomic E-state index is 0.295. The third-order valence-electron chi connectivity index (χ3n) is 4.69. The van der Waals surface area contributed by atoms with E-state index in [1.807, 2.05) is 66.6 Å². The Balaban J connectivity index is 1.48. The van der Waals surface area contributed by atoms with Crippen LogP contribution in [0.4, 0.5) is 0 Å². The van der Waals surface area contributed by atoms with Crippen LogP contribution < -0.4 is 9.47 Å². The predicted octanol–water partition coefficient (Wildman–Crippen LogP) is 4.16. The number of benzene rings is 2. The number of para-hydroxylation sites is 1. The lowest BCUT2D eigenvalue weighted by atomic mass is 10.2. The summed E-state index contributed by atoms with van der Waals surface area (Å²) in [6, 6.07) is 15.5. The Morgan fingerprint density at radius 1 is 1.06 bits per heavy atom. The molecular formula is C22H23N5O3S. The minimum absolute atomic E-state index is 0.295. The van der Waals surface area contributed by atoms with E-state index in [0.717, 1.165) is 16.8 Å². The zero-order valence-electron chi connectivity index (χ0n) is 17.6. The van der Waals surface area contributed by atoms with Crippen molar-refractivity contribution in [2.24, 2.45) is 0 Å². The summed E-state index contributed by atoms with van der Waals surface area (Å²) in [5.41, 5.74) is 2.83. The molecule has 4 aromatic rings. The monoisotopic (exact) mass is 437 g/mol. The standard InChI is InChI=1S/C22H23N5O3S/c1-25(13-16-12-23-26(14-16)18-7-5-4-6-8-18)15-27-22(31)30-21(24-27)17-9-19(28-2)11-20(10-17)29-3/h4-12,14H,13,15H2,1-3H3. The normalized spacial score (nSPS) is 11.1. The Morgan fingerprint density at radius 3 is 2.45 bits per heavy atom. The molecule has 9 heteroatoms. The number of rotatable bonds is 8. The summed E-state index contributed by atoms with van der Waals surface area (Å²) in [6.07, 6.45) is 3.88. The smallest absolute Gasteiger partial charge is 0.288 e. The molecule has 2 heterocycles. The van der Waals surface area contributed by atoms with Gasteiger partial charge in [-0.25, -0.2) is 9.36 Å². The first-order valence-corrected chi connectivity index (χ1v) is 10.1. The van der Waals surface area contributed by atoms with Crippen LogP contribution in [0.3, 0.4) is 0 Å². The molecule has 0 unspecified atom stereocenters. The maximum atomic E-state index is 5.73. The van der Waals surface area contributed by atoms with Crippen molar-refractivity contribution in [2.45, 2.75) is 13.2 Å². The summed E-state index contributed by atoms with van der Waals surface area (Å²) in [4.78, 5) is 2.38. The molecule has 160 valence electrons. The van der Waals surface area contributed by atoms with Crippen LogP contribution in [0.2, 0.25) is 0 Å². The van der Waals surface area contributed by atoms with Crippen LogP contribution in [0.5, 0.6) is 11.5 Å². The van der Waals surface area contributed by atoms with Gasteiger partial charge in [-0.05, 0) is 43.5 Å². The van der Waals surface area contributed by atoms with Crippen molar-refractivity contribution < 1.29 is 13.9 Å². The van der Waals surface area contributed by atoms with Crippen molar-refractivity contribution in [3.05, 3.63) is 71.3 Å². The Labute approximate surface area is 185 Å². The molecule has 0 aliphatic carbocycles. The second kappa shape index (κ2) is 9.15. The third-order valence-corrected chi connectivity index (χ3v) is 4.98. The van der Waals surface area contributed by atoms with E-state index in [-0.39, 0.29) is 0 Å². The lowest BCUT2D eigenvalue weighted by Crippen LogP contribution is -2.22. The van der Waals surface area contributed by atoms with E-state index in [1.54, 1.807) is 25.0 Å². The third kappa shape index (κ3) is 4.84. The quantitative estimate of drug-likeness (QED) is 0.383. The molecule has 0 saturated carbocycles. The number of aromatic nitrogens is 4. The van der Waals surface area contributed by atoms with Crippen molar-refractivity contribution in [3.8, 4) is 28.6 Å². The first kappa shape index (κ1) is 20.8. The largest absolute Gasteiger partial charge is 0.497 e. The van der Waals surface area contributed by atoms with Crippen LogP contribution in [0.1, 0.15) is 5.56 Å². The summed E-state index contributed by atoms with van der Waals surface area (Å²) < 4.78 is 19.9. The maximum Gasteiger partial charge on any atom is 0.288 e. The van der Waals surface area contributed by atoms with Gasteiger partial charge in [-0.2, -0.15) is 5.10 Å². The fraction of sp³-hybridized carbons (Fsp3) is 0.227. The van der Waals surface area contributed by atoms with Crippen LogP contribution in [-0.2, 0) is 13.2 Å². The molecule has 31 heavy (non-hydrogen) atoms. The summed E-state index contributed by atoms with van der Waals surface area (Å²) in [5, 5.41) is 8.98. The van der Waals surface area contributed by atoms with Gasteiger partial charge in [-0.15, -0.1) is 5.10 Å². The number of nitrogens with zero attached hydrogens (tertiary/aromatic N) is 5. The second-order valence-corrected chi connectivity index (χ2v) is 7.41. The molecule has 2 aromatic carbocycles. The Kier molecular flexibility index (Phi) is 6.15. The van der Waals surface area contributed by atoms with Crippen LogP contribution in [-0.4, -0.2) is 45.7 Å². The molecule has 0 fully saturated rings. The fourth-order valence-electron chi connectivity index (χ4n) is 3.20. The molecule has 0 atom stereocenters. The van der Waals surface area contributed by atoms with Crippen molar-refractivity contribution in [2.75, 3.05) is 21.3 Å². The van der Waals surface area contributed by atoms with Gasteiger partial charge in [0.2, 0.25) is 5.89 Å². The van der Waals surface area contributed by atoms with E-state index in [2.05, 4.69) is 15.1 Å². The van der Waals surface area contributed by atoms with Gasteiger partial charge in [-0.1, -0.05) is 18.2 Å². The van der Waals surface area contributed by atoms with E-state index in [4.69, 9.17) is 26.1 Å². The second-order valence-electron chi connectivity index (χ2n) is 7.06. The van der Waals surface area contributed by atoms with Crippen LogP contribution >= 0.6 is 12.2 Å². The highest BCUT2D eigenvalue weighted by Crippen LogP contribution is 2.29. The average molecular weight is 438 g/mol. The van der Waals surface area contributed by atoms with Crippen molar-refractivity contribution >= 4 is 12.2 Å². The molecule has 0 N–H and O–H groups in total. The Morgan fingerprint density at radius 2 is 1.77 bits per heavy atom. The zero-order chi connectivity index (χ0) is 21.8. The summed E-state index contributed by atoms with van der Waals surface area (Å²) in [6.45, 7) is 1.16. The number of methoxy groups -OCH3 is 2.